The number of carboxylic acid groups (broad SMARTS) is 1. The fraction of sp³-hybridized carbons (Fsp3) is 0.447. The summed E-state index contributed by atoms with van der Waals surface area (Å²) in [6, 6.07) is 17.2. The number of hydrogen-bond acceptors (Lipinski definition) is 7. The van der Waals surface area contributed by atoms with Crippen LogP contribution < -0.4 is 4.74 Å². The standard InChI is InChI=1S/C34H44O6.C3H6.CH2O2/c1-3-7-27-10-16-30(17-11-27)31-18-12-28(13-19-31)8-9-29-14-20-32(21-15-29)39-23-6-5-22-37-24-33(25-38-26-35)40-34(36)4-2;1-3-2;2-1-3/h4,8-9,12-15,18-21,26-27,30,33H,2-3,5-7,10-11,16-17,22-25H2,1H3;3H,1H2,2H3;1H,(H,2,3)/b9-8+;;. The van der Waals surface area contributed by atoms with Crippen LogP contribution in [0.2, 0.25) is 0 Å². The smallest absolute Gasteiger partial charge is 0.330 e. The van der Waals surface area contributed by atoms with Gasteiger partial charge in [0.05, 0.1) is 13.2 Å². The molecular weight excluding hydrogens is 584 g/mol. The lowest BCUT2D eigenvalue weighted by Gasteiger charge is -2.28. The van der Waals surface area contributed by atoms with Crippen molar-refractivity contribution in [2.24, 2.45) is 5.92 Å². The molecule has 0 bridgehead atoms. The first-order valence-corrected chi connectivity index (χ1v) is 16.1. The van der Waals surface area contributed by atoms with Crippen LogP contribution in [0.1, 0.15) is 87.8 Å². The van der Waals surface area contributed by atoms with Crippen LogP contribution >= 0.6 is 0 Å². The first kappa shape index (κ1) is 39.9. The Morgan fingerprint density at radius 1 is 0.913 bits per heavy atom. The van der Waals surface area contributed by atoms with E-state index in [9.17, 15) is 9.59 Å². The molecule has 0 radical (unpaired) electrons. The minimum Gasteiger partial charge on any atom is -0.494 e. The quantitative estimate of drug-likeness (QED) is 0.0435. The number of allylic oxidation sites excluding steroid dienone is 1. The fourth-order valence-electron chi connectivity index (χ4n) is 5.13. The van der Waals surface area contributed by atoms with Crippen molar-refractivity contribution in [1.29, 1.82) is 0 Å². The lowest BCUT2D eigenvalue weighted by Crippen LogP contribution is -2.28. The van der Waals surface area contributed by atoms with E-state index in [2.05, 4.69) is 73.4 Å². The van der Waals surface area contributed by atoms with E-state index in [4.69, 9.17) is 24.1 Å². The van der Waals surface area contributed by atoms with Crippen molar-refractivity contribution in [3.8, 4) is 5.75 Å². The molecule has 1 aliphatic carbocycles. The number of ether oxygens (including phenoxy) is 4. The number of esters is 1. The van der Waals surface area contributed by atoms with Crippen molar-refractivity contribution < 1.29 is 38.4 Å². The highest BCUT2D eigenvalue weighted by molar-refractivity contribution is 5.81. The molecule has 0 aliphatic heterocycles. The topological polar surface area (TPSA) is 108 Å². The molecule has 0 heterocycles. The van der Waals surface area contributed by atoms with Gasteiger partial charge in [0.1, 0.15) is 12.4 Å². The minimum atomic E-state index is -0.654. The Kier molecular flexibility index (Phi) is 22.6. The Morgan fingerprint density at radius 2 is 1.48 bits per heavy atom. The fourth-order valence-corrected chi connectivity index (χ4v) is 5.13. The third-order valence-electron chi connectivity index (χ3n) is 7.36. The summed E-state index contributed by atoms with van der Waals surface area (Å²) in [5.74, 6) is 1.92. The normalized spacial score (nSPS) is 16.0. The zero-order chi connectivity index (χ0) is 33.8. The van der Waals surface area contributed by atoms with Gasteiger partial charge in [0, 0.05) is 12.7 Å². The molecule has 2 aromatic carbocycles. The molecule has 1 fully saturated rings. The summed E-state index contributed by atoms with van der Waals surface area (Å²) in [6.45, 7) is 12.1. The van der Waals surface area contributed by atoms with E-state index in [1.54, 1.807) is 6.08 Å². The van der Waals surface area contributed by atoms with Gasteiger partial charge in [-0.25, -0.2) is 4.79 Å². The van der Waals surface area contributed by atoms with E-state index in [1.165, 1.54) is 49.7 Å². The molecule has 0 spiro atoms. The zero-order valence-corrected chi connectivity index (χ0v) is 27.5. The predicted molar refractivity (Wildman–Crippen MR) is 184 cm³/mol. The predicted octanol–water partition coefficient (Wildman–Crippen LogP) is 8.27. The monoisotopic (exact) mass is 636 g/mol. The highest BCUT2D eigenvalue weighted by atomic mass is 16.6. The second-order valence-corrected chi connectivity index (χ2v) is 10.9. The Bertz CT molecular complexity index is 1130. The van der Waals surface area contributed by atoms with Gasteiger partial charge in [-0.1, -0.05) is 81.0 Å². The van der Waals surface area contributed by atoms with E-state index in [0.29, 0.717) is 19.7 Å². The Hall–Kier alpha value is -4.17. The molecule has 0 amide bonds. The van der Waals surface area contributed by atoms with Crippen LogP contribution in [0.15, 0.2) is 73.8 Å². The highest BCUT2D eigenvalue weighted by Crippen LogP contribution is 2.37. The molecule has 1 N–H and O–H groups in total. The summed E-state index contributed by atoms with van der Waals surface area (Å²) in [7, 11) is 0. The summed E-state index contributed by atoms with van der Waals surface area (Å²) in [6.07, 6.45) is 16.2. The molecule has 0 aromatic heterocycles. The lowest BCUT2D eigenvalue weighted by molar-refractivity contribution is -0.153. The van der Waals surface area contributed by atoms with Crippen molar-refractivity contribution >= 4 is 31.1 Å². The number of hydrogen-bond donors (Lipinski definition) is 1. The molecule has 2 aromatic rings. The van der Waals surface area contributed by atoms with Crippen molar-refractivity contribution in [3.05, 3.63) is 90.5 Å². The second kappa shape index (κ2) is 26.1. The zero-order valence-electron chi connectivity index (χ0n) is 27.5. The SMILES string of the molecule is C=CC.C=CC(=O)OC(COC=O)COCCCCOc1ccc(/C=C/c2ccc(C3CCC(CCC)CC3)cc2)cc1.O=CO. The third kappa shape index (κ3) is 18.0. The van der Waals surface area contributed by atoms with Gasteiger partial charge in [0.15, 0.2) is 6.10 Å². The lowest BCUT2D eigenvalue weighted by atomic mass is 9.77. The van der Waals surface area contributed by atoms with E-state index in [-0.39, 0.29) is 19.7 Å². The van der Waals surface area contributed by atoms with Crippen LogP contribution in [0, 0.1) is 5.92 Å². The number of carbonyl (C=O) groups is 3. The first-order valence-electron chi connectivity index (χ1n) is 16.1. The average molecular weight is 637 g/mol. The van der Waals surface area contributed by atoms with Crippen molar-refractivity contribution in [2.45, 2.75) is 77.2 Å². The average Bonchev–Trinajstić information content (AvgIpc) is 3.07. The van der Waals surface area contributed by atoms with Gasteiger partial charge in [-0.3, -0.25) is 9.59 Å². The van der Waals surface area contributed by atoms with Crippen molar-refractivity contribution in [1.82, 2.24) is 0 Å². The van der Waals surface area contributed by atoms with Crippen LogP contribution in [0.3, 0.4) is 0 Å². The third-order valence-corrected chi connectivity index (χ3v) is 7.36. The molecule has 1 saturated carbocycles. The molecule has 1 atom stereocenters. The van der Waals surface area contributed by atoms with Gasteiger partial charge < -0.3 is 24.1 Å². The van der Waals surface area contributed by atoms with E-state index < -0.39 is 12.1 Å². The van der Waals surface area contributed by atoms with Gasteiger partial charge in [-0.2, -0.15) is 0 Å². The maximum Gasteiger partial charge on any atom is 0.330 e. The number of carbonyl (C=O) groups excluding carboxylic acids is 2. The maximum atomic E-state index is 11.3. The van der Waals surface area contributed by atoms with Crippen molar-refractivity contribution in [3.63, 3.8) is 0 Å². The van der Waals surface area contributed by atoms with Gasteiger partial charge in [-0.15, -0.1) is 6.58 Å². The van der Waals surface area contributed by atoms with Crippen LogP contribution in [-0.4, -0.2) is 56.6 Å². The molecule has 46 heavy (non-hydrogen) atoms. The molecule has 252 valence electrons. The first-order chi connectivity index (χ1) is 22.4. The molecule has 1 unspecified atom stereocenters. The Labute approximate surface area is 275 Å². The van der Waals surface area contributed by atoms with Gasteiger partial charge in [0.25, 0.3) is 12.9 Å². The summed E-state index contributed by atoms with van der Waals surface area (Å²) in [5, 5.41) is 6.89. The van der Waals surface area contributed by atoms with Gasteiger partial charge >= 0.3 is 5.97 Å². The molecule has 8 nitrogen and oxygen atoms in total. The summed E-state index contributed by atoms with van der Waals surface area (Å²) < 4.78 is 21.1. The van der Waals surface area contributed by atoms with Crippen LogP contribution in [0.4, 0.5) is 0 Å². The molecule has 1 aliphatic rings. The van der Waals surface area contributed by atoms with Crippen LogP contribution in [0.5, 0.6) is 5.75 Å². The number of rotatable bonds is 18. The van der Waals surface area contributed by atoms with Gasteiger partial charge in [0.2, 0.25) is 0 Å². The molecular formula is C38H52O8. The minimum absolute atomic E-state index is 0.0519. The maximum absolute atomic E-state index is 11.3. The summed E-state index contributed by atoms with van der Waals surface area (Å²) >= 11 is 0. The number of unbranched alkanes of at least 4 members (excludes halogenated alkanes) is 1. The summed E-state index contributed by atoms with van der Waals surface area (Å²) in [4.78, 5) is 30.1. The summed E-state index contributed by atoms with van der Waals surface area (Å²) in [5.41, 5.74) is 3.83. The molecule has 3 rings (SSSR count). The highest BCUT2D eigenvalue weighted by Gasteiger charge is 2.21. The molecule has 8 heteroatoms. The Balaban J connectivity index is 0.00000163. The van der Waals surface area contributed by atoms with E-state index in [1.807, 2.05) is 19.1 Å². The number of benzene rings is 2. The second-order valence-electron chi connectivity index (χ2n) is 10.9. The van der Waals surface area contributed by atoms with E-state index in [0.717, 1.165) is 42.1 Å². The largest absolute Gasteiger partial charge is 0.494 e. The van der Waals surface area contributed by atoms with Crippen molar-refractivity contribution in [2.75, 3.05) is 26.4 Å². The van der Waals surface area contributed by atoms with E-state index >= 15 is 0 Å². The van der Waals surface area contributed by atoms with Gasteiger partial charge in [-0.05, 0) is 86.1 Å². The van der Waals surface area contributed by atoms with Crippen LogP contribution in [-0.2, 0) is 28.6 Å². The molecule has 0 saturated heterocycles. The van der Waals surface area contributed by atoms with Crippen LogP contribution in [0.25, 0.3) is 12.2 Å². The Morgan fingerprint density at radius 3 is 2.02 bits per heavy atom.